The van der Waals surface area contributed by atoms with E-state index >= 15 is 0 Å². The van der Waals surface area contributed by atoms with E-state index in [9.17, 15) is 9.59 Å². The minimum atomic E-state index is -0.880. The quantitative estimate of drug-likeness (QED) is 0.746. The van der Waals surface area contributed by atoms with E-state index in [4.69, 9.17) is 9.84 Å². The summed E-state index contributed by atoms with van der Waals surface area (Å²) in [7, 11) is 0. The molecule has 1 rings (SSSR count). The summed E-state index contributed by atoms with van der Waals surface area (Å²) in [6, 6.07) is 1.63. The smallest absolute Gasteiger partial charge is 0.407 e. The lowest BCUT2D eigenvalue weighted by atomic mass is 10.0. The molecule has 0 bridgehead atoms. The molecule has 1 amide bonds. The van der Waals surface area contributed by atoms with Crippen molar-refractivity contribution in [2.24, 2.45) is 0 Å². The number of carboxylic acids is 1. The van der Waals surface area contributed by atoms with E-state index in [2.05, 4.69) is 10.3 Å². The van der Waals surface area contributed by atoms with Gasteiger partial charge in [0.15, 0.2) is 0 Å². The third-order valence-corrected chi connectivity index (χ3v) is 2.57. The summed E-state index contributed by atoms with van der Waals surface area (Å²) >= 11 is 0. The van der Waals surface area contributed by atoms with Gasteiger partial charge in [-0.05, 0) is 45.2 Å². The second kappa shape index (κ2) is 6.98. The fraction of sp³-hybridized carbons (Fsp3) is 0.571. The monoisotopic (exact) mass is 282 g/mol. The normalized spacial score (nSPS) is 12.8. The Morgan fingerprint density at radius 2 is 2.15 bits per heavy atom. The number of ether oxygens (including phenoxy) is 1. The van der Waals surface area contributed by atoms with Crippen LogP contribution in [0.2, 0.25) is 0 Å². The number of carbonyl (C=O) groups is 2. The van der Waals surface area contributed by atoms with Crippen molar-refractivity contribution in [2.45, 2.75) is 51.7 Å². The first-order valence-corrected chi connectivity index (χ1v) is 6.59. The van der Waals surface area contributed by atoms with Crippen LogP contribution in [0, 0.1) is 0 Å². The van der Waals surface area contributed by atoms with Crippen LogP contribution in [0.3, 0.4) is 0 Å². The Labute approximate surface area is 118 Å². The van der Waals surface area contributed by atoms with Crippen LogP contribution < -0.4 is 5.32 Å². The first-order valence-electron chi connectivity index (χ1n) is 6.59. The first-order chi connectivity index (χ1) is 9.26. The average Bonchev–Trinajstić information content (AvgIpc) is 2.75. The standard InChI is InChI=1S/C14H22N2O4/c1-14(2,3)20-13(19)16-11(4-5-12(17)18)8-10-6-7-15-9-10/h6-7,9,11,15H,4-5,8H2,1-3H3,(H,16,19)(H,17,18). The maximum atomic E-state index is 11.8. The zero-order valence-corrected chi connectivity index (χ0v) is 12.1. The molecule has 1 aromatic rings. The maximum Gasteiger partial charge on any atom is 0.407 e. The average molecular weight is 282 g/mol. The van der Waals surface area contributed by atoms with Gasteiger partial charge in [-0.1, -0.05) is 0 Å². The Kier molecular flexibility index (Phi) is 5.61. The predicted molar refractivity (Wildman–Crippen MR) is 74.5 cm³/mol. The second-order valence-corrected chi connectivity index (χ2v) is 5.70. The van der Waals surface area contributed by atoms with E-state index in [1.54, 1.807) is 27.0 Å². The lowest BCUT2D eigenvalue weighted by Crippen LogP contribution is -2.40. The van der Waals surface area contributed by atoms with Crippen molar-refractivity contribution >= 4 is 12.1 Å². The van der Waals surface area contributed by atoms with Crippen molar-refractivity contribution in [3.8, 4) is 0 Å². The van der Waals surface area contributed by atoms with Crippen molar-refractivity contribution < 1.29 is 19.4 Å². The van der Waals surface area contributed by atoms with Crippen LogP contribution in [0.15, 0.2) is 18.5 Å². The van der Waals surface area contributed by atoms with E-state index in [0.717, 1.165) is 5.56 Å². The van der Waals surface area contributed by atoms with E-state index in [-0.39, 0.29) is 12.5 Å². The molecule has 3 N–H and O–H groups in total. The van der Waals surface area contributed by atoms with Gasteiger partial charge in [-0.25, -0.2) is 4.79 Å². The lowest BCUT2D eigenvalue weighted by Gasteiger charge is -2.23. The Hall–Kier alpha value is -1.98. The number of amides is 1. The van der Waals surface area contributed by atoms with Crippen LogP contribution in [0.1, 0.15) is 39.2 Å². The second-order valence-electron chi connectivity index (χ2n) is 5.70. The molecule has 0 aliphatic rings. The van der Waals surface area contributed by atoms with Gasteiger partial charge in [0.1, 0.15) is 5.60 Å². The van der Waals surface area contributed by atoms with Gasteiger partial charge in [-0.15, -0.1) is 0 Å². The SMILES string of the molecule is CC(C)(C)OC(=O)NC(CCC(=O)O)Cc1cc[nH]c1. The number of aromatic amines is 1. The van der Waals surface area contributed by atoms with Crippen LogP contribution >= 0.6 is 0 Å². The molecule has 0 saturated carbocycles. The molecule has 0 aliphatic carbocycles. The Morgan fingerprint density at radius 1 is 1.45 bits per heavy atom. The number of rotatable bonds is 6. The van der Waals surface area contributed by atoms with Gasteiger partial charge in [-0.2, -0.15) is 0 Å². The summed E-state index contributed by atoms with van der Waals surface area (Å²) in [4.78, 5) is 25.4. The highest BCUT2D eigenvalue weighted by Crippen LogP contribution is 2.10. The number of hydrogen-bond acceptors (Lipinski definition) is 3. The molecule has 0 aromatic carbocycles. The van der Waals surface area contributed by atoms with Gasteiger partial charge >= 0.3 is 12.1 Å². The van der Waals surface area contributed by atoms with Crippen LogP contribution in [-0.2, 0) is 16.0 Å². The van der Waals surface area contributed by atoms with Crippen molar-refractivity contribution in [1.29, 1.82) is 0 Å². The third-order valence-electron chi connectivity index (χ3n) is 2.57. The molecule has 0 radical (unpaired) electrons. The zero-order chi connectivity index (χ0) is 15.2. The number of alkyl carbamates (subject to hydrolysis) is 1. The van der Waals surface area contributed by atoms with Crippen LogP contribution in [0.4, 0.5) is 4.79 Å². The third kappa shape index (κ3) is 6.82. The molecule has 20 heavy (non-hydrogen) atoms. The zero-order valence-electron chi connectivity index (χ0n) is 12.1. The molecular weight excluding hydrogens is 260 g/mol. The molecule has 1 heterocycles. The minimum absolute atomic E-state index is 0.00485. The van der Waals surface area contributed by atoms with E-state index < -0.39 is 17.7 Å². The highest BCUT2D eigenvalue weighted by Gasteiger charge is 2.20. The van der Waals surface area contributed by atoms with Crippen molar-refractivity contribution in [1.82, 2.24) is 10.3 Å². The number of nitrogens with one attached hydrogen (secondary N) is 2. The van der Waals surface area contributed by atoms with Crippen LogP contribution in [-0.4, -0.2) is 33.8 Å². The summed E-state index contributed by atoms with van der Waals surface area (Å²) in [5, 5.41) is 11.5. The summed E-state index contributed by atoms with van der Waals surface area (Å²) in [5.74, 6) is -0.880. The summed E-state index contributed by atoms with van der Waals surface area (Å²) < 4.78 is 5.19. The highest BCUT2D eigenvalue weighted by molar-refractivity contribution is 5.69. The molecule has 0 fully saturated rings. The van der Waals surface area contributed by atoms with E-state index in [1.165, 1.54) is 0 Å². The molecule has 6 heteroatoms. The predicted octanol–water partition coefficient (Wildman–Crippen LogP) is 2.32. The number of hydrogen-bond donors (Lipinski definition) is 3. The molecule has 6 nitrogen and oxygen atoms in total. The molecule has 0 spiro atoms. The fourth-order valence-corrected chi connectivity index (χ4v) is 1.77. The van der Waals surface area contributed by atoms with Gasteiger partial charge in [0.05, 0.1) is 0 Å². The van der Waals surface area contributed by atoms with Gasteiger partial charge in [0.2, 0.25) is 0 Å². The largest absolute Gasteiger partial charge is 0.481 e. The minimum Gasteiger partial charge on any atom is -0.481 e. The van der Waals surface area contributed by atoms with Crippen LogP contribution in [0.25, 0.3) is 0 Å². The van der Waals surface area contributed by atoms with E-state index in [0.29, 0.717) is 12.8 Å². The lowest BCUT2D eigenvalue weighted by molar-refractivity contribution is -0.137. The van der Waals surface area contributed by atoms with Crippen molar-refractivity contribution in [2.75, 3.05) is 0 Å². The molecule has 0 aliphatic heterocycles. The first kappa shape index (κ1) is 16.1. The number of aliphatic carboxylic acids is 1. The number of carbonyl (C=O) groups excluding carboxylic acids is 1. The Balaban J connectivity index is 2.57. The van der Waals surface area contributed by atoms with Crippen LogP contribution in [0.5, 0.6) is 0 Å². The van der Waals surface area contributed by atoms with Gasteiger partial charge in [0.25, 0.3) is 0 Å². The van der Waals surface area contributed by atoms with Gasteiger partial charge < -0.3 is 20.1 Å². The molecule has 1 atom stereocenters. The number of carboxylic acid groups (broad SMARTS) is 1. The number of H-pyrrole nitrogens is 1. The molecule has 1 aromatic heterocycles. The maximum absolute atomic E-state index is 11.8. The Morgan fingerprint density at radius 3 is 2.65 bits per heavy atom. The van der Waals surface area contributed by atoms with Gasteiger partial charge in [-0.3, -0.25) is 4.79 Å². The Bertz CT molecular complexity index is 435. The topological polar surface area (TPSA) is 91.4 Å². The summed E-state index contributed by atoms with van der Waals surface area (Å²) in [6.07, 6.45) is 4.02. The molecule has 0 saturated heterocycles. The highest BCUT2D eigenvalue weighted by atomic mass is 16.6. The number of aromatic nitrogens is 1. The van der Waals surface area contributed by atoms with Crippen molar-refractivity contribution in [3.63, 3.8) is 0 Å². The van der Waals surface area contributed by atoms with Gasteiger partial charge in [0, 0.05) is 24.9 Å². The van der Waals surface area contributed by atoms with E-state index in [1.807, 2.05) is 12.3 Å². The summed E-state index contributed by atoms with van der Waals surface area (Å²) in [5.41, 5.74) is 0.437. The fourth-order valence-electron chi connectivity index (χ4n) is 1.77. The summed E-state index contributed by atoms with van der Waals surface area (Å²) in [6.45, 7) is 5.35. The van der Waals surface area contributed by atoms with Crippen molar-refractivity contribution in [3.05, 3.63) is 24.0 Å². The molecule has 112 valence electrons. The molecular formula is C14H22N2O4. The molecule has 1 unspecified atom stereocenters.